The number of nitrogens with one attached hydrogen (secondary N) is 2. The SMILES string of the molecule is Cc1cc([C@H]2CCCCN2C(=O)c2ccc3[nH]c(=O)c(=O)[nH]c3c2)no1. The lowest BCUT2D eigenvalue weighted by Crippen LogP contribution is -2.38. The van der Waals surface area contributed by atoms with Crippen molar-refractivity contribution in [1.29, 1.82) is 0 Å². The Hall–Kier alpha value is -3.16. The fourth-order valence-corrected chi connectivity index (χ4v) is 3.44. The fourth-order valence-electron chi connectivity index (χ4n) is 3.44. The summed E-state index contributed by atoms with van der Waals surface area (Å²) in [6.45, 7) is 2.46. The molecule has 0 saturated carbocycles. The lowest BCUT2D eigenvalue weighted by Gasteiger charge is -2.34. The van der Waals surface area contributed by atoms with E-state index in [-0.39, 0.29) is 11.9 Å². The number of hydrogen-bond acceptors (Lipinski definition) is 5. The first-order chi connectivity index (χ1) is 12.5. The largest absolute Gasteiger partial charge is 0.361 e. The third-order valence-corrected chi connectivity index (χ3v) is 4.72. The van der Waals surface area contributed by atoms with Crippen LogP contribution >= 0.6 is 0 Å². The zero-order chi connectivity index (χ0) is 18.3. The first kappa shape index (κ1) is 16.3. The molecular formula is C18H18N4O4. The van der Waals surface area contributed by atoms with Crippen LogP contribution in [0.3, 0.4) is 0 Å². The Morgan fingerprint density at radius 1 is 1.15 bits per heavy atom. The maximum absolute atomic E-state index is 13.1. The molecule has 3 aromatic rings. The molecule has 1 aliphatic rings. The second-order valence-electron chi connectivity index (χ2n) is 6.54. The van der Waals surface area contributed by atoms with Crippen LogP contribution < -0.4 is 11.1 Å². The van der Waals surface area contributed by atoms with Crippen molar-refractivity contribution in [2.45, 2.75) is 32.2 Å². The molecule has 2 N–H and O–H groups in total. The fraction of sp³-hybridized carbons (Fsp3) is 0.333. The van der Waals surface area contributed by atoms with E-state index >= 15 is 0 Å². The molecule has 1 aromatic carbocycles. The van der Waals surface area contributed by atoms with E-state index in [1.165, 1.54) is 0 Å². The van der Waals surface area contributed by atoms with Gasteiger partial charge in [-0.2, -0.15) is 0 Å². The van der Waals surface area contributed by atoms with Gasteiger partial charge < -0.3 is 19.4 Å². The van der Waals surface area contributed by atoms with Crippen molar-refractivity contribution in [1.82, 2.24) is 20.0 Å². The minimum atomic E-state index is -0.740. The molecule has 1 saturated heterocycles. The number of likely N-dealkylation sites (tertiary alicyclic amines) is 1. The van der Waals surface area contributed by atoms with Gasteiger partial charge in [0.2, 0.25) is 0 Å². The van der Waals surface area contributed by atoms with Crippen LogP contribution in [0.4, 0.5) is 0 Å². The number of carbonyl (C=O) groups is 1. The summed E-state index contributed by atoms with van der Waals surface area (Å²) in [4.78, 5) is 42.8. The van der Waals surface area contributed by atoms with Gasteiger partial charge in [-0.3, -0.25) is 14.4 Å². The highest BCUT2D eigenvalue weighted by Crippen LogP contribution is 2.32. The van der Waals surface area contributed by atoms with Crippen LogP contribution in [0.25, 0.3) is 11.0 Å². The van der Waals surface area contributed by atoms with Gasteiger partial charge in [-0.1, -0.05) is 5.16 Å². The Bertz CT molecular complexity index is 1090. The third-order valence-electron chi connectivity index (χ3n) is 4.72. The van der Waals surface area contributed by atoms with E-state index in [1.807, 2.05) is 13.0 Å². The summed E-state index contributed by atoms with van der Waals surface area (Å²) in [7, 11) is 0. The van der Waals surface area contributed by atoms with E-state index in [9.17, 15) is 14.4 Å². The number of piperidine rings is 1. The minimum Gasteiger partial charge on any atom is -0.361 e. The number of aromatic nitrogens is 3. The summed E-state index contributed by atoms with van der Waals surface area (Å²) in [6, 6.07) is 6.60. The molecule has 2 aromatic heterocycles. The van der Waals surface area contributed by atoms with Crippen molar-refractivity contribution < 1.29 is 9.32 Å². The molecule has 0 unspecified atom stereocenters. The highest BCUT2D eigenvalue weighted by molar-refractivity contribution is 5.97. The number of carbonyl (C=O) groups excluding carboxylic acids is 1. The smallest absolute Gasteiger partial charge is 0.314 e. The van der Waals surface area contributed by atoms with Crippen LogP contribution in [0.1, 0.15) is 47.1 Å². The topological polar surface area (TPSA) is 112 Å². The second-order valence-corrected chi connectivity index (χ2v) is 6.54. The molecule has 0 aliphatic carbocycles. The molecule has 26 heavy (non-hydrogen) atoms. The van der Waals surface area contributed by atoms with Crippen molar-refractivity contribution >= 4 is 16.9 Å². The van der Waals surface area contributed by atoms with Crippen molar-refractivity contribution in [3.63, 3.8) is 0 Å². The molecule has 1 atom stereocenters. The Labute approximate surface area is 147 Å². The minimum absolute atomic E-state index is 0.126. The number of aryl methyl sites for hydroxylation is 1. The van der Waals surface area contributed by atoms with Gasteiger partial charge in [0, 0.05) is 18.2 Å². The summed E-state index contributed by atoms with van der Waals surface area (Å²) in [5, 5.41) is 4.08. The van der Waals surface area contributed by atoms with Gasteiger partial charge in [-0.15, -0.1) is 0 Å². The maximum atomic E-state index is 13.1. The van der Waals surface area contributed by atoms with Gasteiger partial charge in [-0.05, 0) is 44.4 Å². The Kier molecular flexibility index (Phi) is 3.95. The highest BCUT2D eigenvalue weighted by atomic mass is 16.5. The third kappa shape index (κ3) is 2.83. The first-order valence-electron chi connectivity index (χ1n) is 8.53. The van der Waals surface area contributed by atoms with Crippen molar-refractivity contribution in [2.75, 3.05) is 6.54 Å². The predicted molar refractivity (Wildman–Crippen MR) is 94.1 cm³/mol. The number of benzene rings is 1. The van der Waals surface area contributed by atoms with Crippen LogP contribution in [-0.4, -0.2) is 32.5 Å². The number of hydrogen-bond donors (Lipinski definition) is 2. The zero-order valence-corrected chi connectivity index (χ0v) is 14.2. The standard InChI is InChI=1S/C18H18N4O4/c1-10-8-14(21-26-10)15-4-2-3-7-22(15)18(25)11-5-6-12-13(9-11)20-17(24)16(23)19-12/h5-6,8-9,15H,2-4,7H2,1H3,(H,19,23)(H,20,24)/t15-/m1/s1. The van der Waals surface area contributed by atoms with Crippen LogP contribution in [0.5, 0.6) is 0 Å². The van der Waals surface area contributed by atoms with E-state index in [4.69, 9.17) is 4.52 Å². The van der Waals surface area contributed by atoms with Crippen molar-refractivity contribution in [3.05, 3.63) is 62.0 Å². The zero-order valence-electron chi connectivity index (χ0n) is 14.2. The molecule has 0 spiro atoms. The number of H-pyrrole nitrogens is 2. The highest BCUT2D eigenvalue weighted by Gasteiger charge is 2.30. The Morgan fingerprint density at radius 2 is 1.92 bits per heavy atom. The second kappa shape index (κ2) is 6.29. The summed E-state index contributed by atoms with van der Waals surface area (Å²) in [6.07, 6.45) is 2.78. The molecule has 0 radical (unpaired) electrons. The van der Waals surface area contributed by atoms with E-state index in [2.05, 4.69) is 15.1 Å². The van der Waals surface area contributed by atoms with E-state index in [0.29, 0.717) is 28.9 Å². The molecule has 1 fully saturated rings. The number of fused-ring (bicyclic) bond motifs is 1. The van der Waals surface area contributed by atoms with Crippen LogP contribution in [-0.2, 0) is 0 Å². The molecule has 134 valence electrons. The molecule has 1 amide bonds. The number of amides is 1. The van der Waals surface area contributed by atoms with Crippen molar-refractivity contribution in [2.24, 2.45) is 0 Å². The molecule has 0 bridgehead atoms. The van der Waals surface area contributed by atoms with Gasteiger partial charge in [0.05, 0.1) is 17.1 Å². The summed E-state index contributed by atoms with van der Waals surface area (Å²) < 4.78 is 5.17. The molecular weight excluding hydrogens is 336 g/mol. The van der Waals surface area contributed by atoms with E-state index in [1.54, 1.807) is 23.1 Å². The van der Waals surface area contributed by atoms with E-state index < -0.39 is 11.1 Å². The maximum Gasteiger partial charge on any atom is 0.314 e. The average molecular weight is 354 g/mol. The van der Waals surface area contributed by atoms with Gasteiger partial charge >= 0.3 is 11.1 Å². The Morgan fingerprint density at radius 3 is 2.65 bits per heavy atom. The monoisotopic (exact) mass is 354 g/mol. The van der Waals surface area contributed by atoms with Gasteiger partial charge in [-0.25, -0.2) is 0 Å². The van der Waals surface area contributed by atoms with E-state index in [0.717, 1.165) is 25.0 Å². The van der Waals surface area contributed by atoms with Gasteiger partial charge in [0.15, 0.2) is 0 Å². The average Bonchev–Trinajstić information content (AvgIpc) is 3.08. The Balaban J connectivity index is 1.71. The van der Waals surface area contributed by atoms with Gasteiger partial charge in [0.25, 0.3) is 5.91 Å². The molecule has 4 rings (SSSR count). The molecule has 3 heterocycles. The summed E-state index contributed by atoms with van der Waals surface area (Å²) in [5.74, 6) is 0.578. The molecule has 8 nitrogen and oxygen atoms in total. The first-order valence-corrected chi connectivity index (χ1v) is 8.53. The number of aromatic amines is 2. The lowest BCUT2D eigenvalue weighted by atomic mass is 9.98. The quantitative estimate of drug-likeness (QED) is 0.683. The lowest BCUT2D eigenvalue weighted by molar-refractivity contribution is 0.0602. The normalized spacial score (nSPS) is 17.6. The van der Waals surface area contributed by atoms with Crippen LogP contribution in [0, 0.1) is 6.92 Å². The van der Waals surface area contributed by atoms with Crippen LogP contribution in [0.15, 0.2) is 38.4 Å². The summed E-state index contributed by atoms with van der Waals surface area (Å²) in [5.41, 5.74) is 0.659. The molecule has 1 aliphatic heterocycles. The van der Waals surface area contributed by atoms with Crippen molar-refractivity contribution in [3.8, 4) is 0 Å². The molecule has 8 heteroatoms. The number of nitrogens with zero attached hydrogens (tertiary/aromatic N) is 2. The summed E-state index contributed by atoms with van der Waals surface area (Å²) >= 11 is 0. The van der Waals surface area contributed by atoms with Crippen LogP contribution in [0.2, 0.25) is 0 Å². The number of rotatable bonds is 2. The van der Waals surface area contributed by atoms with Gasteiger partial charge in [0.1, 0.15) is 11.5 Å². The predicted octanol–water partition coefficient (Wildman–Crippen LogP) is 1.88.